The molecule has 0 fully saturated rings. The number of rotatable bonds is 4. The van der Waals surface area contributed by atoms with Gasteiger partial charge in [-0.05, 0) is 47.7 Å². The van der Waals surface area contributed by atoms with Crippen LogP contribution < -0.4 is 14.8 Å². The van der Waals surface area contributed by atoms with Gasteiger partial charge in [-0.25, -0.2) is 0 Å². The Morgan fingerprint density at radius 2 is 1.61 bits per heavy atom. The first-order valence-corrected chi connectivity index (χ1v) is 9.43. The molecule has 0 radical (unpaired) electrons. The molecule has 0 spiro atoms. The summed E-state index contributed by atoms with van der Waals surface area (Å²) < 4.78 is 10.5. The van der Waals surface area contributed by atoms with E-state index < -0.39 is 0 Å². The summed E-state index contributed by atoms with van der Waals surface area (Å²) in [4.78, 5) is 25.5. The Morgan fingerprint density at radius 1 is 0.857 bits per heavy atom. The summed E-state index contributed by atoms with van der Waals surface area (Å²) in [6, 6.07) is 15.4. The van der Waals surface area contributed by atoms with Gasteiger partial charge in [-0.1, -0.05) is 24.3 Å². The van der Waals surface area contributed by atoms with Crippen molar-refractivity contribution in [2.45, 2.75) is 31.1 Å². The Labute approximate surface area is 164 Å². The summed E-state index contributed by atoms with van der Waals surface area (Å²) in [7, 11) is 3.25. The maximum atomic E-state index is 13.1. The molecule has 1 aliphatic heterocycles. The molecule has 28 heavy (non-hydrogen) atoms. The lowest BCUT2D eigenvalue weighted by Crippen LogP contribution is -2.38. The highest BCUT2D eigenvalue weighted by Crippen LogP contribution is 2.43. The molecule has 2 atom stereocenters. The van der Waals surface area contributed by atoms with Gasteiger partial charge in [-0.3, -0.25) is 9.59 Å². The number of hydrogen-bond donors (Lipinski definition) is 1. The molecule has 1 heterocycles. The fourth-order valence-corrected chi connectivity index (χ4v) is 4.21. The minimum Gasteiger partial charge on any atom is -0.497 e. The quantitative estimate of drug-likeness (QED) is 0.882. The number of ether oxygens (including phenoxy) is 2. The van der Waals surface area contributed by atoms with Crippen LogP contribution in [0.3, 0.4) is 0 Å². The lowest BCUT2D eigenvalue weighted by Gasteiger charge is -2.34. The smallest absolute Gasteiger partial charge is 0.225 e. The first kappa shape index (κ1) is 18.3. The first-order chi connectivity index (χ1) is 13.6. The Hall–Kier alpha value is -3.08. The second-order valence-electron chi connectivity index (χ2n) is 7.28. The summed E-state index contributed by atoms with van der Waals surface area (Å²) in [5.74, 6) is 1.41. The number of ketones is 1. The van der Waals surface area contributed by atoms with E-state index in [1.807, 2.05) is 48.5 Å². The van der Waals surface area contributed by atoms with Gasteiger partial charge in [0.15, 0.2) is 5.78 Å². The van der Waals surface area contributed by atoms with Gasteiger partial charge in [0.25, 0.3) is 0 Å². The third-order valence-electron chi connectivity index (χ3n) is 5.62. The summed E-state index contributed by atoms with van der Waals surface area (Å²) in [5, 5.41) is 2.96. The van der Waals surface area contributed by atoms with Gasteiger partial charge in [0, 0.05) is 30.0 Å². The molecule has 144 valence electrons. The van der Waals surface area contributed by atoms with Crippen LogP contribution in [-0.2, 0) is 9.59 Å². The molecule has 1 aliphatic carbocycles. The predicted octanol–water partition coefficient (Wildman–Crippen LogP) is 3.71. The maximum absolute atomic E-state index is 13.1. The Balaban J connectivity index is 1.68. The van der Waals surface area contributed by atoms with Crippen molar-refractivity contribution in [3.63, 3.8) is 0 Å². The molecule has 5 heteroatoms. The summed E-state index contributed by atoms with van der Waals surface area (Å²) in [6.45, 7) is 0. The molecule has 4 rings (SSSR count). The fraction of sp³-hybridized carbons (Fsp3) is 0.304. The first-order valence-electron chi connectivity index (χ1n) is 9.43. The number of allylic oxidation sites excluding steroid dienone is 2. The summed E-state index contributed by atoms with van der Waals surface area (Å²) >= 11 is 0. The van der Waals surface area contributed by atoms with Crippen LogP contribution in [0.4, 0.5) is 0 Å². The zero-order chi connectivity index (χ0) is 19.7. The fourth-order valence-electron chi connectivity index (χ4n) is 4.21. The van der Waals surface area contributed by atoms with Crippen LogP contribution in [0.5, 0.6) is 11.5 Å². The number of hydrogen-bond acceptors (Lipinski definition) is 4. The summed E-state index contributed by atoms with van der Waals surface area (Å²) in [6.07, 6.45) is 1.38. The molecule has 0 bridgehead atoms. The van der Waals surface area contributed by atoms with E-state index in [9.17, 15) is 9.59 Å². The van der Waals surface area contributed by atoms with Crippen LogP contribution in [-0.4, -0.2) is 25.9 Å². The highest BCUT2D eigenvalue weighted by Gasteiger charge is 2.38. The molecule has 2 aromatic rings. The largest absolute Gasteiger partial charge is 0.497 e. The van der Waals surface area contributed by atoms with E-state index in [2.05, 4.69) is 5.32 Å². The van der Waals surface area contributed by atoms with Gasteiger partial charge >= 0.3 is 0 Å². The maximum Gasteiger partial charge on any atom is 0.225 e. The number of carbonyl (C=O) groups is 2. The minimum atomic E-state index is -0.219. The highest BCUT2D eigenvalue weighted by molar-refractivity contribution is 6.02. The van der Waals surface area contributed by atoms with E-state index in [-0.39, 0.29) is 29.9 Å². The number of methoxy groups -OCH3 is 2. The Kier molecular flexibility index (Phi) is 4.90. The molecular formula is C23H23NO4. The van der Waals surface area contributed by atoms with Crippen LogP contribution >= 0.6 is 0 Å². The van der Waals surface area contributed by atoms with E-state index in [0.717, 1.165) is 33.9 Å². The van der Waals surface area contributed by atoms with E-state index in [1.165, 1.54) is 0 Å². The predicted molar refractivity (Wildman–Crippen MR) is 105 cm³/mol. The summed E-state index contributed by atoms with van der Waals surface area (Å²) in [5.41, 5.74) is 3.54. The lowest BCUT2D eigenvalue weighted by molar-refractivity contribution is -0.122. The van der Waals surface area contributed by atoms with E-state index in [4.69, 9.17) is 9.47 Å². The van der Waals surface area contributed by atoms with Crippen LogP contribution in [0.1, 0.15) is 42.2 Å². The number of Topliss-reactive ketones (excluding diaryl/α,β-unsaturated/α-hetero) is 1. The molecule has 1 amide bonds. The molecule has 0 unspecified atom stereocenters. The average molecular weight is 377 g/mol. The van der Waals surface area contributed by atoms with Gasteiger partial charge in [-0.15, -0.1) is 0 Å². The lowest BCUT2D eigenvalue weighted by atomic mass is 9.73. The van der Waals surface area contributed by atoms with Crippen LogP contribution in [0.15, 0.2) is 59.8 Å². The van der Waals surface area contributed by atoms with Crippen molar-refractivity contribution in [1.29, 1.82) is 0 Å². The van der Waals surface area contributed by atoms with Crippen molar-refractivity contribution in [3.8, 4) is 11.5 Å². The number of benzene rings is 2. The number of carbonyl (C=O) groups excluding carboxylic acids is 2. The normalized spacial score (nSPS) is 21.8. The average Bonchev–Trinajstić information content (AvgIpc) is 2.73. The SMILES string of the molecule is COc1ccc([C@H]2CC(=O)C3=C(C2)NC(=O)C[C@H]3c2cccc(OC)c2)cc1. The van der Waals surface area contributed by atoms with Crippen molar-refractivity contribution in [2.75, 3.05) is 14.2 Å². The monoisotopic (exact) mass is 377 g/mol. The Bertz CT molecular complexity index is 945. The van der Waals surface area contributed by atoms with E-state index >= 15 is 0 Å². The molecule has 2 aliphatic rings. The molecule has 0 saturated carbocycles. The van der Waals surface area contributed by atoms with Crippen LogP contribution in [0.25, 0.3) is 0 Å². The molecule has 0 saturated heterocycles. The topological polar surface area (TPSA) is 64.6 Å². The van der Waals surface area contributed by atoms with Gasteiger partial charge in [0.1, 0.15) is 11.5 Å². The van der Waals surface area contributed by atoms with E-state index in [1.54, 1.807) is 14.2 Å². The zero-order valence-electron chi connectivity index (χ0n) is 16.0. The van der Waals surface area contributed by atoms with Gasteiger partial charge < -0.3 is 14.8 Å². The Morgan fingerprint density at radius 3 is 2.32 bits per heavy atom. The van der Waals surface area contributed by atoms with Gasteiger partial charge in [0.05, 0.1) is 14.2 Å². The highest BCUT2D eigenvalue weighted by atomic mass is 16.5. The van der Waals surface area contributed by atoms with Crippen molar-refractivity contribution in [2.24, 2.45) is 0 Å². The molecule has 1 N–H and O–H groups in total. The molecule has 0 aromatic heterocycles. The van der Waals surface area contributed by atoms with Crippen molar-refractivity contribution in [3.05, 3.63) is 70.9 Å². The number of nitrogens with one attached hydrogen (secondary N) is 1. The molecule has 2 aromatic carbocycles. The second-order valence-corrected chi connectivity index (χ2v) is 7.28. The third-order valence-corrected chi connectivity index (χ3v) is 5.62. The van der Waals surface area contributed by atoms with Crippen molar-refractivity contribution >= 4 is 11.7 Å². The number of amides is 1. The van der Waals surface area contributed by atoms with Crippen molar-refractivity contribution < 1.29 is 19.1 Å². The molecule has 5 nitrogen and oxygen atoms in total. The zero-order valence-corrected chi connectivity index (χ0v) is 16.0. The van der Waals surface area contributed by atoms with Gasteiger partial charge in [-0.2, -0.15) is 0 Å². The second kappa shape index (κ2) is 7.50. The minimum absolute atomic E-state index is 0.0465. The van der Waals surface area contributed by atoms with Crippen LogP contribution in [0, 0.1) is 0 Å². The molecular weight excluding hydrogens is 354 g/mol. The van der Waals surface area contributed by atoms with Crippen molar-refractivity contribution in [1.82, 2.24) is 5.32 Å². The van der Waals surface area contributed by atoms with Crippen LogP contribution in [0.2, 0.25) is 0 Å². The third kappa shape index (κ3) is 3.40. The standard InChI is InChI=1S/C23H23NO4/c1-27-17-8-6-14(7-9-17)16-11-20-23(21(25)12-16)19(13-22(26)24-20)15-4-3-5-18(10-15)28-2/h3-10,16,19H,11-13H2,1-2H3,(H,24,26)/t16-,19+/m1/s1. The van der Waals surface area contributed by atoms with Gasteiger partial charge in [0.2, 0.25) is 5.91 Å². The van der Waals surface area contributed by atoms with E-state index in [0.29, 0.717) is 12.8 Å².